The van der Waals surface area contributed by atoms with E-state index in [0.717, 1.165) is 5.56 Å². The molecule has 1 aromatic heterocycles. The first-order valence-electron chi connectivity index (χ1n) is 4.69. The highest BCUT2D eigenvalue weighted by atomic mass is 16.3. The molecule has 0 spiro atoms. The van der Waals surface area contributed by atoms with Crippen LogP contribution in [0.2, 0.25) is 0 Å². The van der Waals surface area contributed by atoms with Crippen LogP contribution in [0.1, 0.15) is 33.3 Å². The quantitative estimate of drug-likeness (QED) is 0.762. The Kier molecular flexibility index (Phi) is 4.70. The number of hydrogen-bond donors (Lipinski definition) is 1. The van der Waals surface area contributed by atoms with Crippen LogP contribution in [0.3, 0.4) is 0 Å². The van der Waals surface area contributed by atoms with Gasteiger partial charge in [0.2, 0.25) is 0 Å². The molecule has 0 fully saturated rings. The summed E-state index contributed by atoms with van der Waals surface area (Å²) < 4.78 is 1.78. The summed E-state index contributed by atoms with van der Waals surface area (Å²) in [6.07, 6.45) is 3.72. The van der Waals surface area contributed by atoms with Crippen LogP contribution in [0.4, 0.5) is 0 Å². The molecule has 1 N–H and O–H groups in total. The number of aliphatic hydroxyl groups excluding tert-OH is 1. The second-order valence-corrected chi connectivity index (χ2v) is 3.43. The molecule has 3 nitrogen and oxygen atoms in total. The van der Waals surface area contributed by atoms with Crippen molar-refractivity contribution in [2.24, 2.45) is 0 Å². The third-order valence-electron chi connectivity index (χ3n) is 1.72. The van der Waals surface area contributed by atoms with Crippen LogP contribution in [-0.2, 0) is 5.54 Å². The molecule has 1 rings (SSSR count). The molecule has 76 valence electrons. The lowest BCUT2D eigenvalue weighted by atomic mass is 10.1. The first kappa shape index (κ1) is 12.2. The first-order valence-corrected chi connectivity index (χ1v) is 4.69. The molecule has 0 aliphatic rings. The Morgan fingerprint density at radius 2 is 2.00 bits per heavy atom. The number of aliphatic hydroxyl groups is 1. The van der Waals surface area contributed by atoms with Crippen molar-refractivity contribution in [1.29, 1.82) is 0 Å². The van der Waals surface area contributed by atoms with Gasteiger partial charge in [-0.1, -0.05) is 13.8 Å². The highest BCUT2D eigenvalue weighted by molar-refractivity contribution is 5.01. The Morgan fingerprint density at radius 1 is 1.46 bits per heavy atom. The van der Waals surface area contributed by atoms with E-state index in [1.165, 1.54) is 0 Å². The average molecular weight is 184 g/mol. The minimum Gasteiger partial charge on any atom is -0.394 e. The van der Waals surface area contributed by atoms with E-state index in [4.69, 9.17) is 5.11 Å². The fourth-order valence-corrected chi connectivity index (χ4v) is 0.816. The average Bonchev–Trinajstić information content (AvgIpc) is 2.56. The number of rotatable bonds is 2. The number of nitrogens with zero attached hydrogens (tertiary/aromatic N) is 2. The topological polar surface area (TPSA) is 38.0 Å². The third kappa shape index (κ3) is 3.19. The maximum atomic E-state index is 9.00. The van der Waals surface area contributed by atoms with E-state index in [0.29, 0.717) is 0 Å². The van der Waals surface area contributed by atoms with Crippen LogP contribution in [0, 0.1) is 6.92 Å². The van der Waals surface area contributed by atoms with Gasteiger partial charge in [0.15, 0.2) is 0 Å². The van der Waals surface area contributed by atoms with E-state index in [2.05, 4.69) is 5.10 Å². The second-order valence-electron chi connectivity index (χ2n) is 3.43. The smallest absolute Gasteiger partial charge is 0.0801 e. The minimum atomic E-state index is -0.283. The lowest BCUT2D eigenvalue weighted by Gasteiger charge is -2.21. The van der Waals surface area contributed by atoms with Crippen molar-refractivity contribution < 1.29 is 5.11 Å². The SMILES string of the molecule is CC.Cc1cnn(C(C)(C)CO)c1. The fourth-order valence-electron chi connectivity index (χ4n) is 0.816. The molecule has 3 heteroatoms. The van der Waals surface area contributed by atoms with Gasteiger partial charge in [-0.25, -0.2) is 0 Å². The predicted octanol–water partition coefficient (Wildman–Crippen LogP) is 1.95. The molecule has 0 amide bonds. The zero-order valence-corrected chi connectivity index (χ0v) is 9.20. The highest BCUT2D eigenvalue weighted by Gasteiger charge is 2.18. The lowest BCUT2D eigenvalue weighted by molar-refractivity contribution is 0.152. The van der Waals surface area contributed by atoms with Crippen LogP contribution in [0.25, 0.3) is 0 Å². The molecule has 13 heavy (non-hydrogen) atoms. The van der Waals surface area contributed by atoms with Crippen LogP contribution in [-0.4, -0.2) is 21.5 Å². The molecule has 1 heterocycles. The summed E-state index contributed by atoms with van der Waals surface area (Å²) in [4.78, 5) is 0. The van der Waals surface area contributed by atoms with Crippen LogP contribution in [0.5, 0.6) is 0 Å². The van der Waals surface area contributed by atoms with Crippen molar-refractivity contribution in [2.45, 2.75) is 40.2 Å². The minimum absolute atomic E-state index is 0.105. The van der Waals surface area contributed by atoms with Crippen LogP contribution in [0.15, 0.2) is 12.4 Å². The van der Waals surface area contributed by atoms with Gasteiger partial charge in [-0.2, -0.15) is 5.10 Å². The van der Waals surface area contributed by atoms with E-state index < -0.39 is 0 Å². The van der Waals surface area contributed by atoms with Crippen molar-refractivity contribution in [3.8, 4) is 0 Å². The fraction of sp³-hybridized carbons (Fsp3) is 0.700. The monoisotopic (exact) mass is 184 g/mol. The number of aryl methyl sites for hydroxylation is 1. The summed E-state index contributed by atoms with van der Waals surface area (Å²) in [5, 5.41) is 13.1. The van der Waals surface area contributed by atoms with Gasteiger partial charge in [0, 0.05) is 6.20 Å². The van der Waals surface area contributed by atoms with E-state index >= 15 is 0 Å². The van der Waals surface area contributed by atoms with Crippen molar-refractivity contribution in [1.82, 2.24) is 9.78 Å². The summed E-state index contributed by atoms with van der Waals surface area (Å²) >= 11 is 0. The van der Waals surface area contributed by atoms with E-state index in [1.807, 2.05) is 40.8 Å². The summed E-state index contributed by atoms with van der Waals surface area (Å²) in [6, 6.07) is 0. The largest absolute Gasteiger partial charge is 0.394 e. The Balaban J connectivity index is 0.000000671. The Hall–Kier alpha value is -0.830. The Bertz CT molecular complexity index is 241. The maximum absolute atomic E-state index is 9.00. The van der Waals surface area contributed by atoms with Gasteiger partial charge in [-0.3, -0.25) is 4.68 Å². The molecule has 0 saturated heterocycles. The number of aromatic nitrogens is 2. The van der Waals surface area contributed by atoms with Gasteiger partial charge in [0.25, 0.3) is 0 Å². The molecule has 0 atom stereocenters. The molecule has 1 aromatic rings. The van der Waals surface area contributed by atoms with Crippen molar-refractivity contribution in [2.75, 3.05) is 6.61 Å². The van der Waals surface area contributed by atoms with Gasteiger partial charge >= 0.3 is 0 Å². The standard InChI is InChI=1S/C8H14N2O.C2H6/c1-7-4-9-10(5-7)8(2,3)6-11;1-2/h4-5,11H,6H2,1-3H3;1-2H3. The zero-order chi connectivity index (χ0) is 10.5. The molecule has 0 unspecified atom stereocenters. The van der Waals surface area contributed by atoms with E-state index in [1.54, 1.807) is 10.9 Å². The molecule has 0 aliphatic carbocycles. The Morgan fingerprint density at radius 3 is 2.31 bits per heavy atom. The predicted molar refractivity (Wildman–Crippen MR) is 54.7 cm³/mol. The van der Waals surface area contributed by atoms with Gasteiger partial charge in [-0.05, 0) is 26.3 Å². The van der Waals surface area contributed by atoms with Crippen LogP contribution < -0.4 is 0 Å². The first-order chi connectivity index (χ1) is 6.06. The van der Waals surface area contributed by atoms with Crippen molar-refractivity contribution in [3.05, 3.63) is 18.0 Å². The van der Waals surface area contributed by atoms with Crippen molar-refractivity contribution in [3.63, 3.8) is 0 Å². The molecule has 0 aliphatic heterocycles. The highest BCUT2D eigenvalue weighted by Crippen LogP contribution is 2.12. The summed E-state index contributed by atoms with van der Waals surface area (Å²) in [5.41, 5.74) is 0.834. The summed E-state index contributed by atoms with van der Waals surface area (Å²) in [7, 11) is 0. The molecule has 0 bridgehead atoms. The van der Waals surface area contributed by atoms with Crippen molar-refractivity contribution >= 4 is 0 Å². The van der Waals surface area contributed by atoms with E-state index in [9.17, 15) is 0 Å². The molecular formula is C10H20N2O. The summed E-state index contributed by atoms with van der Waals surface area (Å²) in [5.74, 6) is 0. The van der Waals surface area contributed by atoms with Crippen LogP contribution >= 0.6 is 0 Å². The van der Waals surface area contributed by atoms with Gasteiger partial charge in [-0.15, -0.1) is 0 Å². The molecule has 0 saturated carbocycles. The third-order valence-corrected chi connectivity index (χ3v) is 1.72. The Labute approximate surface area is 80.4 Å². The summed E-state index contributed by atoms with van der Waals surface area (Å²) in [6.45, 7) is 9.98. The molecule has 0 radical (unpaired) electrons. The van der Waals surface area contributed by atoms with Gasteiger partial charge < -0.3 is 5.11 Å². The molecule has 0 aromatic carbocycles. The number of hydrogen-bond acceptors (Lipinski definition) is 2. The second kappa shape index (κ2) is 5.02. The van der Waals surface area contributed by atoms with Gasteiger partial charge in [0.1, 0.15) is 0 Å². The lowest BCUT2D eigenvalue weighted by Crippen LogP contribution is -2.30. The van der Waals surface area contributed by atoms with E-state index in [-0.39, 0.29) is 12.1 Å². The molecular weight excluding hydrogens is 164 g/mol. The normalized spacial score (nSPS) is 10.6. The maximum Gasteiger partial charge on any atom is 0.0801 e. The zero-order valence-electron chi connectivity index (χ0n) is 9.20. The van der Waals surface area contributed by atoms with Gasteiger partial charge in [0.05, 0.1) is 18.3 Å².